The summed E-state index contributed by atoms with van der Waals surface area (Å²) in [7, 11) is 1.74. The van der Waals surface area contributed by atoms with E-state index in [1.807, 2.05) is 0 Å². The second-order valence-corrected chi connectivity index (χ2v) is 5.21. The lowest BCUT2D eigenvalue weighted by atomic mass is 9.82. The van der Waals surface area contributed by atoms with Gasteiger partial charge in [-0.25, -0.2) is 0 Å². The molecule has 1 N–H and O–H groups in total. The van der Waals surface area contributed by atoms with Crippen LogP contribution in [0.4, 0.5) is 0 Å². The normalized spacial score (nSPS) is 27.1. The highest BCUT2D eigenvalue weighted by Crippen LogP contribution is 2.29. The Morgan fingerprint density at radius 2 is 2.25 bits per heavy atom. The average Bonchev–Trinajstić information content (AvgIpc) is 2.24. The van der Waals surface area contributed by atoms with Crippen molar-refractivity contribution in [3.63, 3.8) is 0 Å². The van der Waals surface area contributed by atoms with Crippen LogP contribution in [-0.2, 0) is 4.74 Å². The zero-order valence-electron chi connectivity index (χ0n) is 11.1. The summed E-state index contributed by atoms with van der Waals surface area (Å²) < 4.78 is 5.01. The van der Waals surface area contributed by atoms with Crippen LogP contribution in [0.25, 0.3) is 0 Å². The number of ether oxygens (including phenoxy) is 1. The highest BCUT2D eigenvalue weighted by Gasteiger charge is 2.16. The minimum atomic E-state index is 0.799. The van der Waals surface area contributed by atoms with Gasteiger partial charge in [-0.1, -0.05) is 31.4 Å². The molecule has 1 saturated carbocycles. The molecule has 1 rings (SSSR count). The van der Waals surface area contributed by atoms with Crippen molar-refractivity contribution in [3.8, 4) is 0 Å². The van der Waals surface area contributed by atoms with Crippen LogP contribution < -0.4 is 5.32 Å². The van der Waals surface area contributed by atoms with E-state index in [-0.39, 0.29) is 0 Å². The summed E-state index contributed by atoms with van der Waals surface area (Å²) in [5, 5.41) is 3.39. The van der Waals surface area contributed by atoms with Crippen LogP contribution in [0.3, 0.4) is 0 Å². The van der Waals surface area contributed by atoms with E-state index in [9.17, 15) is 0 Å². The highest BCUT2D eigenvalue weighted by molar-refractivity contribution is 5.04. The van der Waals surface area contributed by atoms with Gasteiger partial charge in [0.1, 0.15) is 0 Å². The summed E-state index contributed by atoms with van der Waals surface area (Å²) in [6, 6.07) is 0. The number of hydrogen-bond acceptors (Lipinski definition) is 2. The molecule has 0 aromatic carbocycles. The van der Waals surface area contributed by atoms with Gasteiger partial charge in [-0.05, 0) is 31.6 Å². The fourth-order valence-corrected chi connectivity index (χ4v) is 2.55. The Morgan fingerprint density at radius 3 is 2.94 bits per heavy atom. The van der Waals surface area contributed by atoms with Crippen LogP contribution in [0.1, 0.15) is 39.5 Å². The molecule has 1 aliphatic rings. The third kappa shape index (κ3) is 5.66. The summed E-state index contributed by atoms with van der Waals surface area (Å²) in [5.41, 5.74) is 1.48. The molecule has 16 heavy (non-hydrogen) atoms. The maximum atomic E-state index is 5.01. The van der Waals surface area contributed by atoms with Crippen molar-refractivity contribution in [2.45, 2.75) is 39.5 Å². The standard InChI is InChI=1S/C14H27NO/c1-12-5-4-6-14(9-12)10-13(2)11-15-7-8-16-3/h10,12,14-15H,4-9,11H2,1-3H3. The predicted octanol–water partition coefficient (Wildman–Crippen LogP) is 3.00. The molecular formula is C14H27NO. The number of methoxy groups -OCH3 is 1. The van der Waals surface area contributed by atoms with Gasteiger partial charge in [-0.2, -0.15) is 0 Å². The van der Waals surface area contributed by atoms with E-state index in [0.717, 1.165) is 31.5 Å². The Kier molecular flexibility index (Phi) is 6.74. The topological polar surface area (TPSA) is 21.3 Å². The van der Waals surface area contributed by atoms with E-state index in [1.165, 1.54) is 31.3 Å². The second kappa shape index (κ2) is 7.86. The Balaban J connectivity index is 2.20. The molecule has 2 nitrogen and oxygen atoms in total. The van der Waals surface area contributed by atoms with Gasteiger partial charge in [0.25, 0.3) is 0 Å². The van der Waals surface area contributed by atoms with E-state index in [2.05, 4.69) is 25.2 Å². The fourth-order valence-electron chi connectivity index (χ4n) is 2.55. The quantitative estimate of drug-likeness (QED) is 0.554. The Labute approximate surface area is 100 Å². The molecule has 0 bridgehead atoms. The van der Waals surface area contributed by atoms with E-state index in [4.69, 9.17) is 4.74 Å². The molecule has 1 aliphatic carbocycles. The molecule has 2 unspecified atom stereocenters. The molecule has 0 aromatic rings. The molecule has 0 amide bonds. The number of nitrogens with one attached hydrogen (secondary N) is 1. The third-order valence-electron chi connectivity index (χ3n) is 3.38. The molecule has 0 aliphatic heterocycles. The van der Waals surface area contributed by atoms with Crippen molar-refractivity contribution in [2.24, 2.45) is 11.8 Å². The van der Waals surface area contributed by atoms with Gasteiger partial charge in [0.15, 0.2) is 0 Å². The molecular weight excluding hydrogens is 198 g/mol. The van der Waals surface area contributed by atoms with Gasteiger partial charge in [0, 0.05) is 20.2 Å². The zero-order chi connectivity index (χ0) is 11.8. The summed E-state index contributed by atoms with van der Waals surface area (Å²) >= 11 is 0. The van der Waals surface area contributed by atoms with Gasteiger partial charge in [-0.3, -0.25) is 0 Å². The van der Waals surface area contributed by atoms with Crippen molar-refractivity contribution < 1.29 is 4.74 Å². The molecule has 2 heteroatoms. The molecule has 0 saturated heterocycles. The minimum Gasteiger partial charge on any atom is -0.383 e. The molecule has 1 fully saturated rings. The average molecular weight is 225 g/mol. The Hall–Kier alpha value is -0.340. The Morgan fingerprint density at radius 1 is 1.44 bits per heavy atom. The third-order valence-corrected chi connectivity index (χ3v) is 3.38. The molecule has 0 aromatic heterocycles. The largest absolute Gasteiger partial charge is 0.383 e. The fraction of sp³-hybridized carbons (Fsp3) is 0.857. The number of rotatable bonds is 6. The maximum absolute atomic E-state index is 5.01. The van der Waals surface area contributed by atoms with Crippen molar-refractivity contribution in [1.29, 1.82) is 0 Å². The van der Waals surface area contributed by atoms with Gasteiger partial charge < -0.3 is 10.1 Å². The second-order valence-electron chi connectivity index (χ2n) is 5.21. The van der Waals surface area contributed by atoms with E-state index >= 15 is 0 Å². The van der Waals surface area contributed by atoms with Gasteiger partial charge in [0.05, 0.1) is 6.61 Å². The SMILES string of the molecule is COCCNCC(C)=CC1CCCC(C)C1. The first kappa shape index (κ1) is 13.7. The number of allylic oxidation sites excluding steroid dienone is 1. The van der Waals surface area contributed by atoms with Crippen LogP contribution >= 0.6 is 0 Å². The summed E-state index contributed by atoms with van der Waals surface area (Å²) in [6.07, 6.45) is 8.09. The van der Waals surface area contributed by atoms with E-state index < -0.39 is 0 Å². The highest BCUT2D eigenvalue weighted by atomic mass is 16.5. The van der Waals surface area contributed by atoms with Crippen molar-refractivity contribution in [2.75, 3.05) is 26.8 Å². The first-order valence-corrected chi connectivity index (χ1v) is 6.59. The molecule has 2 atom stereocenters. The monoisotopic (exact) mass is 225 g/mol. The molecule has 0 heterocycles. The van der Waals surface area contributed by atoms with Crippen LogP contribution in [0.5, 0.6) is 0 Å². The van der Waals surface area contributed by atoms with Crippen LogP contribution in [-0.4, -0.2) is 26.8 Å². The smallest absolute Gasteiger partial charge is 0.0587 e. The molecule has 0 radical (unpaired) electrons. The lowest BCUT2D eigenvalue weighted by Crippen LogP contribution is -2.21. The summed E-state index contributed by atoms with van der Waals surface area (Å²) in [5.74, 6) is 1.75. The maximum Gasteiger partial charge on any atom is 0.0587 e. The molecule has 94 valence electrons. The zero-order valence-corrected chi connectivity index (χ0v) is 11.1. The van der Waals surface area contributed by atoms with Crippen molar-refractivity contribution in [3.05, 3.63) is 11.6 Å². The van der Waals surface area contributed by atoms with Crippen molar-refractivity contribution in [1.82, 2.24) is 5.32 Å². The van der Waals surface area contributed by atoms with Crippen LogP contribution in [0.15, 0.2) is 11.6 Å². The minimum absolute atomic E-state index is 0.799. The van der Waals surface area contributed by atoms with Crippen molar-refractivity contribution >= 4 is 0 Å². The van der Waals surface area contributed by atoms with E-state index in [1.54, 1.807) is 7.11 Å². The van der Waals surface area contributed by atoms with Gasteiger partial charge >= 0.3 is 0 Å². The number of hydrogen-bond donors (Lipinski definition) is 1. The first-order chi connectivity index (χ1) is 7.72. The van der Waals surface area contributed by atoms with Gasteiger partial charge in [-0.15, -0.1) is 0 Å². The summed E-state index contributed by atoms with van der Waals surface area (Å²) in [6.45, 7) is 7.37. The van der Waals surface area contributed by atoms with Gasteiger partial charge in [0.2, 0.25) is 0 Å². The van der Waals surface area contributed by atoms with Crippen LogP contribution in [0.2, 0.25) is 0 Å². The molecule has 0 spiro atoms. The van der Waals surface area contributed by atoms with Crippen LogP contribution in [0, 0.1) is 11.8 Å². The lowest BCUT2D eigenvalue weighted by molar-refractivity contribution is 0.200. The lowest BCUT2D eigenvalue weighted by Gasteiger charge is -2.24. The Bertz CT molecular complexity index is 213. The van der Waals surface area contributed by atoms with E-state index in [0.29, 0.717) is 0 Å². The summed E-state index contributed by atoms with van der Waals surface area (Å²) in [4.78, 5) is 0. The predicted molar refractivity (Wildman–Crippen MR) is 69.6 cm³/mol. The first-order valence-electron chi connectivity index (χ1n) is 6.59.